The lowest BCUT2D eigenvalue weighted by Crippen LogP contribution is -2.53. The summed E-state index contributed by atoms with van der Waals surface area (Å²) in [6, 6.07) is 28.0. The molecule has 4 aromatic carbocycles. The molecule has 4 rings (SSSR count). The summed E-state index contributed by atoms with van der Waals surface area (Å²) in [5, 5.41) is 3.27. The zero-order chi connectivity index (χ0) is 31.7. The smallest absolute Gasteiger partial charge is 0.264 e. The minimum absolute atomic E-state index is 0.0231. The molecule has 0 unspecified atom stereocenters. The van der Waals surface area contributed by atoms with Crippen molar-refractivity contribution in [2.45, 2.75) is 30.8 Å². The molecule has 0 aromatic heterocycles. The molecule has 4 aromatic rings. The first kappa shape index (κ1) is 33.0. The quantitative estimate of drug-likeness (QED) is 0.183. The summed E-state index contributed by atoms with van der Waals surface area (Å²) in [5.41, 5.74) is 1.89. The number of rotatable bonds is 13. The number of ether oxygens (including phenoxy) is 1. The summed E-state index contributed by atoms with van der Waals surface area (Å²) in [7, 11) is -2.74. The van der Waals surface area contributed by atoms with E-state index in [-0.39, 0.29) is 29.5 Å². The van der Waals surface area contributed by atoms with Gasteiger partial charge in [-0.25, -0.2) is 8.42 Å². The highest BCUT2D eigenvalue weighted by Crippen LogP contribution is 2.27. The highest BCUT2D eigenvalue weighted by atomic mass is 79.9. The van der Waals surface area contributed by atoms with E-state index in [0.717, 1.165) is 19.9 Å². The van der Waals surface area contributed by atoms with E-state index in [2.05, 4.69) is 21.2 Å². The maximum absolute atomic E-state index is 14.4. The molecule has 0 aliphatic rings. The van der Waals surface area contributed by atoms with Gasteiger partial charge in [0.25, 0.3) is 10.0 Å². The molecule has 0 radical (unpaired) electrons. The fourth-order valence-electron chi connectivity index (χ4n) is 4.64. The van der Waals surface area contributed by atoms with Crippen molar-refractivity contribution in [1.82, 2.24) is 10.2 Å². The summed E-state index contributed by atoms with van der Waals surface area (Å²) in [4.78, 5) is 29.3. The third-order valence-electron chi connectivity index (χ3n) is 6.93. The van der Waals surface area contributed by atoms with Crippen LogP contribution < -0.4 is 14.4 Å². The number of carbonyl (C=O) groups excluding carboxylic acids is 2. The molecule has 1 atom stereocenters. The van der Waals surface area contributed by atoms with Crippen LogP contribution in [0, 0.1) is 0 Å². The van der Waals surface area contributed by atoms with Crippen LogP contribution in [0.4, 0.5) is 5.69 Å². The largest absolute Gasteiger partial charge is 0.497 e. The molecule has 0 aliphatic heterocycles. The minimum Gasteiger partial charge on any atom is -0.497 e. The Morgan fingerprint density at radius 1 is 0.886 bits per heavy atom. The molecule has 1 N–H and O–H groups in total. The van der Waals surface area contributed by atoms with E-state index in [1.165, 1.54) is 24.1 Å². The molecular formula is C33H33BrClN3O5S. The van der Waals surface area contributed by atoms with Crippen LogP contribution >= 0.6 is 27.5 Å². The van der Waals surface area contributed by atoms with Crippen molar-refractivity contribution in [3.8, 4) is 5.75 Å². The van der Waals surface area contributed by atoms with Gasteiger partial charge in [-0.05, 0) is 78.7 Å². The Labute approximate surface area is 271 Å². The van der Waals surface area contributed by atoms with Gasteiger partial charge in [0, 0.05) is 29.0 Å². The lowest BCUT2D eigenvalue weighted by Gasteiger charge is -2.33. The van der Waals surface area contributed by atoms with Crippen LogP contribution in [-0.4, -0.2) is 51.4 Å². The molecule has 11 heteroatoms. The summed E-state index contributed by atoms with van der Waals surface area (Å²) in [6.45, 7) is 1.70. The topological polar surface area (TPSA) is 96.0 Å². The lowest BCUT2D eigenvalue weighted by atomic mass is 10.0. The van der Waals surface area contributed by atoms with E-state index in [9.17, 15) is 18.0 Å². The molecule has 0 heterocycles. The van der Waals surface area contributed by atoms with E-state index in [1.54, 1.807) is 36.4 Å². The van der Waals surface area contributed by atoms with Crippen molar-refractivity contribution in [3.05, 3.63) is 124 Å². The number of methoxy groups -OCH3 is 1. The predicted molar refractivity (Wildman–Crippen MR) is 176 cm³/mol. The Morgan fingerprint density at radius 2 is 1.52 bits per heavy atom. The Morgan fingerprint density at radius 3 is 2.11 bits per heavy atom. The highest BCUT2D eigenvalue weighted by molar-refractivity contribution is 9.10. The average Bonchev–Trinajstić information content (AvgIpc) is 3.03. The summed E-state index contributed by atoms with van der Waals surface area (Å²) < 4.78 is 35.2. The number of hydrogen-bond donors (Lipinski definition) is 1. The highest BCUT2D eigenvalue weighted by Gasteiger charge is 2.34. The van der Waals surface area contributed by atoms with Crippen molar-refractivity contribution in [1.29, 1.82) is 0 Å². The zero-order valence-electron chi connectivity index (χ0n) is 24.3. The van der Waals surface area contributed by atoms with E-state index < -0.39 is 28.5 Å². The van der Waals surface area contributed by atoms with Crippen molar-refractivity contribution >= 4 is 55.1 Å². The van der Waals surface area contributed by atoms with Gasteiger partial charge >= 0.3 is 0 Å². The maximum Gasteiger partial charge on any atom is 0.264 e. The standard InChI is InChI=1S/C33H33BrClN3O5S/c1-3-36-33(40)31(21-24-7-5-4-6-8-24)37(22-25-9-11-26(34)12-10-25)32(39)23-38(28-15-13-27(35)14-16-28)44(41,42)30-19-17-29(43-2)18-20-30/h4-20,31H,3,21-23H2,1-2H3,(H,36,40)/t31-/m0/s1. The Hall–Kier alpha value is -3.86. The SMILES string of the molecule is CCNC(=O)[C@H](Cc1ccccc1)N(Cc1ccc(Br)cc1)C(=O)CN(c1ccc(Cl)cc1)S(=O)(=O)c1ccc(OC)cc1. The second kappa shape index (κ2) is 15.2. The summed E-state index contributed by atoms with van der Waals surface area (Å²) >= 11 is 9.56. The van der Waals surface area contributed by atoms with Gasteiger partial charge in [-0.1, -0.05) is 70.0 Å². The number of likely N-dealkylation sites (N-methyl/N-ethyl adjacent to an activating group) is 1. The van der Waals surface area contributed by atoms with Crippen LogP contribution in [0.3, 0.4) is 0 Å². The molecule has 0 bridgehead atoms. The number of benzene rings is 4. The van der Waals surface area contributed by atoms with Crippen molar-refractivity contribution in [2.75, 3.05) is 24.5 Å². The number of anilines is 1. The van der Waals surface area contributed by atoms with Gasteiger partial charge < -0.3 is 15.0 Å². The number of carbonyl (C=O) groups is 2. The number of amides is 2. The molecular weight excluding hydrogens is 666 g/mol. The van der Waals surface area contributed by atoms with Gasteiger partial charge in [-0.15, -0.1) is 0 Å². The van der Waals surface area contributed by atoms with Crippen LogP contribution in [0.1, 0.15) is 18.1 Å². The van der Waals surface area contributed by atoms with Crippen LogP contribution in [0.2, 0.25) is 5.02 Å². The number of hydrogen-bond acceptors (Lipinski definition) is 5. The van der Waals surface area contributed by atoms with E-state index >= 15 is 0 Å². The molecule has 230 valence electrons. The molecule has 0 fully saturated rings. The van der Waals surface area contributed by atoms with Gasteiger partial charge in [-0.3, -0.25) is 13.9 Å². The summed E-state index contributed by atoms with van der Waals surface area (Å²) in [5.74, 6) is -0.394. The minimum atomic E-state index is -4.23. The van der Waals surface area contributed by atoms with Crippen molar-refractivity contribution < 1.29 is 22.7 Å². The Bertz CT molecular complexity index is 1650. The van der Waals surface area contributed by atoms with E-state index in [4.69, 9.17) is 16.3 Å². The Kier molecular flexibility index (Phi) is 11.4. The first-order valence-electron chi connectivity index (χ1n) is 13.9. The van der Waals surface area contributed by atoms with Crippen molar-refractivity contribution in [2.24, 2.45) is 0 Å². The zero-order valence-corrected chi connectivity index (χ0v) is 27.5. The first-order chi connectivity index (χ1) is 21.1. The molecule has 8 nitrogen and oxygen atoms in total. The normalized spacial score (nSPS) is 11.8. The lowest BCUT2D eigenvalue weighted by molar-refractivity contribution is -0.140. The number of sulfonamides is 1. The monoisotopic (exact) mass is 697 g/mol. The molecule has 0 spiro atoms. The van der Waals surface area contributed by atoms with Gasteiger partial charge in [0.15, 0.2) is 0 Å². The molecule has 44 heavy (non-hydrogen) atoms. The van der Waals surface area contributed by atoms with E-state index in [0.29, 0.717) is 17.3 Å². The maximum atomic E-state index is 14.4. The molecule has 0 aliphatic carbocycles. The van der Waals surface area contributed by atoms with Crippen LogP contribution in [0.25, 0.3) is 0 Å². The molecule has 0 saturated carbocycles. The van der Waals surface area contributed by atoms with Gasteiger partial charge in [0.2, 0.25) is 11.8 Å². The first-order valence-corrected chi connectivity index (χ1v) is 16.5. The molecule has 2 amide bonds. The fraction of sp³-hybridized carbons (Fsp3) is 0.212. The number of nitrogens with one attached hydrogen (secondary N) is 1. The van der Waals surface area contributed by atoms with Gasteiger partial charge in [0.1, 0.15) is 18.3 Å². The fourth-order valence-corrected chi connectivity index (χ4v) is 6.45. The average molecular weight is 699 g/mol. The predicted octanol–water partition coefficient (Wildman–Crippen LogP) is 6.08. The van der Waals surface area contributed by atoms with Crippen molar-refractivity contribution in [3.63, 3.8) is 0 Å². The number of halogens is 2. The van der Waals surface area contributed by atoms with Crippen LogP contribution in [0.5, 0.6) is 5.75 Å². The van der Waals surface area contributed by atoms with Gasteiger partial charge in [-0.2, -0.15) is 0 Å². The van der Waals surface area contributed by atoms with E-state index in [1.807, 2.05) is 61.5 Å². The van der Waals surface area contributed by atoms with Crippen LogP contribution in [-0.2, 0) is 32.6 Å². The van der Waals surface area contributed by atoms with Gasteiger partial charge in [0.05, 0.1) is 17.7 Å². The second-order valence-corrected chi connectivity index (χ2v) is 13.1. The van der Waals surface area contributed by atoms with Crippen LogP contribution in [0.15, 0.2) is 112 Å². The number of nitrogens with zero attached hydrogens (tertiary/aromatic N) is 2. The second-order valence-electron chi connectivity index (χ2n) is 9.91. The third kappa shape index (κ3) is 8.40. The molecule has 0 saturated heterocycles. The summed E-state index contributed by atoms with van der Waals surface area (Å²) in [6.07, 6.45) is 0.237. The Balaban J connectivity index is 1.78. The third-order valence-corrected chi connectivity index (χ3v) is 9.50.